The second kappa shape index (κ2) is 5.55. The highest BCUT2D eigenvalue weighted by molar-refractivity contribution is 5.92. The second-order valence-corrected chi connectivity index (χ2v) is 5.94. The van der Waals surface area contributed by atoms with Crippen LogP contribution in [0.1, 0.15) is 33.6 Å². The molecule has 2 amide bonds. The van der Waals surface area contributed by atoms with Crippen molar-refractivity contribution in [2.24, 2.45) is 5.73 Å². The molecule has 6 nitrogen and oxygen atoms in total. The van der Waals surface area contributed by atoms with Crippen molar-refractivity contribution in [3.05, 3.63) is 46.8 Å². The first-order chi connectivity index (χ1) is 11.0. The van der Waals surface area contributed by atoms with Gasteiger partial charge >= 0.3 is 6.03 Å². The summed E-state index contributed by atoms with van der Waals surface area (Å²) >= 11 is 0. The number of carbonyl (C=O) groups is 2. The van der Waals surface area contributed by atoms with Gasteiger partial charge in [0.15, 0.2) is 6.29 Å². The number of carbonyl (C=O) groups excluding carboxylic acids is 2. The van der Waals surface area contributed by atoms with E-state index in [1.54, 1.807) is 12.3 Å². The average Bonchev–Trinajstić information content (AvgIpc) is 2.56. The minimum absolute atomic E-state index is 0.238. The van der Waals surface area contributed by atoms with Crippen LogP contribution in [0.4, 0.5) is 16.4 Å². The van der Waals surface area contributed by atoms with Gasteiger partial charge in [-0.05, 0) is 43.5 Å². The van der Waals surface area contributed by atoms with E-state index in [-0.39, 0.29) is 4.48 Å². The molecule has 3 heterocycles. The smallest absolute Gasteiger partial charge is 0.318 e. The van der Waals surface area contributed by atoms with Crippen molar-refractivity contribution in [2.45, 2.75) is 26.7 Å². The van der Waals surface area contributed by atoms with Crippen molar-refractivity contribution in [3.63, 3.8) is 0 Å². The highest BCUT2D eigenvalue weighted by Gasteiger charge is 2.47. The van der Waals surface area contributed by atoms with Gasteiger partial charge in [0.05, 0.1) is 0 Å². The Hall–Kier alpha value is -2.60. The van der Waals surface area contributed by atoms with Gasteiger partial charge in [-0.3, -0.25) is 4.79 Å². The molecule has 3 rings (SSSR count). The first-order valence-corrected chi connectivity index (χ1v) is 7.56. The molecular weight excluding hydrogens is 292 g/mol. The third-order valence-corrected chi connectivity index (χ3v) is 4.52. The van der Waals surface area contributed by atoms with Gasteiger partial charge in [-0.25, -0.2) is 9.78 Å². The van der Waals surface area contributed by atoms with E-state index < -0.39 is 6.03 Å². The topological polar surface area (TPSA) is 85.9 Å². The number of aryl methyl sites for hydroxylation is 3. The fraction of sp³-hybridized carbons (Fsp3) is 0.294. The van der Waals surface area contributed by atoms with Gasteiger partial charge in [-0.2, -0.15) is 4.98 Å². The number of rotatable bonds is 2. The van der Waals surface area contributed by atoms with Crippen LogP contribution in [0.25, 0.3) is 0 Å². The number of quaternary nitrogens is 1. The van der Waals surface area contributed by atoms with Crippen LogP contribution < -0.4 is 10.2 Å². The van der Waals surface area contributed by atoms with E-state index in [1.165, 1.54) is 0 Å². The van der Waals surface area contributed by atoms with E-state index in [9.17, 15) is 9.59 Å². The van der Waals surface area contributed by atoms with Crippen LogP contribution in [0.15, 0.2) is 24.4 Å². The van der Waals surface area contributed by atoms with E-state index in [4.69, 9.17) is 5.73 Å². The Balaban J connectivity index is 2.30. The summed E-state index contributed by atoms with van der Waals surface area (Å²) in [6.07, 6.45) is 4.02. The van der Waals surface area contributed by atoms with Crippen LogP contribution >= 0.6 is 0 Å². The Morgan fingerprint density at radius 1 is 1.30 bits per heavy atom. The Labute approximate surface area is 134 Å². The van der Waals surface area contributed by atoms with Crippen molar-refractivity contribution in [2.75, 3.05) is 6.54 Å². The third-order valence-electron chi connectivity index (χ3n) is 4.52. The number of urea groups is 1. The quantitative estimate of drug-likeness (QED) is 0.682. The van der Waals surface area contributed by atoms with Crippen LogP contribution in [0, 0.1) is 13.8 Å². The molecule has 1 unspecified atom stereocenters. The number of amides is 2. The van der Waals surface area contributed by atoms with Gasteiger partial charge in [0, 0.05) is 24.2 Å². The van der Waals surface area contributed by atoms with E-state index >= 15 is 0 Å². The monoisotopic (exact) mass is 311 g/mol. The summed E-state index contributed by atoms with van der Waals surface area (Å²) in [5.41, 5.74) is 9.09. The molecule has 2 N–H and O–H groups in total. The Morgan fingerprint density at radius 3 is 2.74 bits per heavy atom. The van der Waals surface area contributed by atoms with Gasteiger partial charge in [-0.1, -0.05) is 0 Å². The number of aldehydes is 1. The molecule has 2 aromatic heterocycles. The van der Waals surface area contributed by atoms with Crippen molar-refractivity contribution in [1.29, 1.82) is 0 Å². The molecule has 23 heavy (non-hydrogen) atoms. The molecule has 6 heteroatoms. The lowest BCUT2D eigenvalue weighted by Crippen LogP contribution is -2.56. The molecule has 2 aromatic rings. The predicted octanol–water partition coefficient (Wildman–Crippen LogP) is 2.57. The third kappa shape index (κ3) is 2.31. The molecule has 0 aromatic carbocycles. The summed E-state index contributed by atoms with van der Waals surface area (Å²) in [4.78, 5) is 32.4. The minimum atomic E-state index is -0.530. The van der Waals surface area contributed by atoms with E-state index in [2.05, 4.69) is 9.97 Å². The molecule has 1 aliphatic rings. The van der Waals surface area contributed by atoms with Crippen molar-refractivity contribution < 1.29 is 9.59 Å². The van der Waals surface area contributed by atoms with Gasteiger partial charge in [0.25, 0.3) is 0 Å². The number of nitrogens with two attached hydrogens (primary N) is 1. The minimum Gasteiger partial charge on any atom is -0.318 e. The summed E-state index contributed by atoms with van der Waals surface area (Å²) in [7, 11) is 0. The molecule has 1 aliphatic heterocycles. The fourth-order valence-corrected chi connectivity index (χ4v) is 3.06. The number of nitrogens with zero attached hydrogens (tertiary/aromatic N) is 3. The Kier molecular flexibility index (Phi) is 3.69. The Bertz CT molecular complexity index is 803. The van der Waals surface area contributed by atoms with Crippen molar-refractivity contribution in [1.82, 2.24) is 14.5 Å². The molecule has 0 aliphatic carbocycles. The first-order valence-electron chi connectivity index (χ1n) is 7.56. The number of hydrogen-bond donors (Lipinski definition) is 1. The maximum atomic E-state index is 12.5. The van der Waals surface area contributed by atoms with Gasteiger partial charge < -0.3 is 5.73 Å². The zero-order chi connectivity index (χ0) is 16.6. The lowest BCUT2D eigenvalue weighted by Gasteiger charge is -2.35. The molecule has 0 bridgehead atoms. The first kappa shape index (κ1) is 15.3. The van der Waals surface area contributed by atoms with Crippen LogP contribution in [0.5, 0.6) is 0 Å². The van der Waals surface area contributed by atoms with Gasteiger partial charge in [0.2, 0.25) is 11.6 Å². The molecule has 1 atom stereocenters. The maximum Gasteiger partial charge on any atom is 0.426 e. The molecule has 0 spiro atoms. The highest BCUT2D eigenvalue weighted by Crippen LogP contribution is 2.39. The summed E-state index contributed by atoms with van der Waals surface area (Å²) < 4.78 is -0.238. The normalized spacial score (nSPS) is 19.9. The van der Waals surface area contributed by atoms with Crippen LogP contribution in [0.2, 0.25) is 0 Å². The van der Waals surface area contributed by atoms with E-state index in [0.717, 1.165) is 29.5 Å². The summed E-state index contributed by atoms with van der Waals surface area (Å²) in [5, 5.41) is 0. The Morgan fingerprint density at radius 2 is 2.09 bits per heavy atom. The molecular formula is C17H19N4O2+. The predicted molar refractivity (Wildman–Crippen MR) is 87.6 cm³/mol. The van der Waals surface area contributed by atoms with E-state index in [1.807, 2.05) is 26.0 Å². The standard InChI is InChI=1S/C17H18N4O2/c1-11-8-15(19-9-12(11)2)21(17(18)23)7-3-4-13-5-6-14(10-22)20-16(13)21/h5-6,8-10H,3-4,7H2,1-2H3,(H-,18,23)/p+1. The number of aromatic nitrogens is 2. The second-order valence-electron chi connectivity index (χ2n) is 5.94. The zero-order valence-corrected chi connectivity index (χ0v) is 13.2. The molecule has 0 saturated heterocycles. The zero-order valence-electron chi connectivity index (χ0n) is 13.2. The summed E-state index contributed by atoms with van der Waals surface area (Å²) in [6.45, 7) is 4.43. The van der Waals surface area contributed by atoms with Crippen molar-refractivity contribution in [3.8, 4) is 0 Å². The highest BCUT2D eigenvalue weighted by atomic mass is 16.2. The van der Waals surface area contributed by atoms with Crippen LogP contribution in [-0.2, 0) is 6.42 Å². The van der Waals surface area contributed by atoms with Crippen molar-refractivity contribution >= 4 is 24.0 Å². The molecule has 118 valence electrons. The lowest BCUT2D eigenvalue weighted by molar-refractivity contribution is 0.111. The summed E-state index contributed by atoms with van der Waals surface area (Å²) in [5.74, 6) is 1.07. The van der Waals surface area contributed by atoms with Gasteiger partial charge in [0.1, 0.15) is 12.2 Å². The fourth-order valence-electron chi connectivity index (χ4n) is 3.06. The summed E-state index contributed by atoms with van der Waals surface area (Å²) in [6, 6.07) is 4.87. The number of primary amides is 1. The number of hydrogen-bond acceptors (Lipinski definition) is 4. The molecule has 0 fully saturated rings. The maximum absolute atomic E-state index is 12.5. The molecule has 0 saturated carbocycles. The lowest BCUT2D eigenvalue weighted by atomic mass is 10.0. The number of pyridine rings is 2. The van der Waals surface area contributed by atoms with Gasteiger partial charge in [-0.15, -0.1) is 4.48 Å². The number of fused-ring (bicyclic) bond motifs is 1. The SMILES string of the molecule is Cc1cnc([N+]2(C(N)=O)CCCc3ccc(C=O)nc32)cc1C. The van der Waals surface area contributed by atoms with E-state index in [0.29, 0.717) is 30.2 Å². The average molecular weight is 311 g/mol. The van der Waals surface area contributed by atoms with Crippen LogP contribution in [0.3, 0.4) is 0 Å². The molecule has 0 radical (unpaired) electrons. The largest absolute Gasteiger partial charge is 0.426 e. The van der Waals surface area contributed by atoms with Crippen LogP contribution in [-0.4, -0.2) is 28.8 Å².